The summed E-state index contributed by atoms with van der Waals surface area (Å²) in [5.41, 5.74) is -0.0739. The van der Waals surface area contributed by atoms with Gasteiger partial charge in [0, 0.05) is 6.04 Å². The van der Waals surface area contributed by atoms with E-state index >= 15 is 0 Å². The van der Waals surface area contributed by atoms with Crippen molar-refractivity contribution in [2.24, 2.45) is 16.7 Å². The highest BCUT2D eigenvalue weighted by molar-refractivity contribution is 6.09. The van der Waals surface area contributed by atoms with E-state index in [4.69, 9.17) is 0 Å². The number of urea groups is 1. The molecule has 2 N–H and O–H groups in total. The molecule has 31 heavy (non-hydrogen) atoms. The van der Waals surface area contributed by atoms with Crippen molar-refractivity contribution in [1.29, 1.82) is 0 Å². The van der Waals surface area contributed by atoms with Gasteiger partial charge in [-0.05, 0) is 48.0 Å². The molecule has 1 aromatic carbocycles. The van der Waals surface area contributed by atoms with Crippen LogP contribution in [0.2, 0.25) is 0 Å². The zero-order chi connectivity index (χ0) is 22.4. The maximum Gasteiger partial charge on any atom is 0.325 e. The van der Waals surface area contributed by atoms with Crippen LogP contribution < -0.4 is 10.6 Å². The SMILES string of the molecule is CCCCC1(c2ccccc2)NC(=O)N(CC(=O)NC2CC3CCC2(C)C3(C)C)C1=O. The van der Waals surface area contributed by atoms with E-state index < -0.39 is 11.6 Å². The van der Waals surface area contributed by atoms with Crippen LogP contribution in [0.5, 0.6) is 0 Å². The molecule has 4 atom stereocenters. The summed E-state index contributed by atoms with van der Waals surface area (Å²) in [4.78, 5) is 40.3. The third kappa shape index (κ3) is 3.26. The third-order valence-electron chi connectivity index (χ3n) is 8.78. The number of nitrogens with zero attached hydrogens (tertiary/aromatic N) is 1. The fourth-order valence-electron chi connectivity index (χ4n) is 6.25. The molecule has 1 saturated heterocycles. The van der Waals surface area contributed by atoms with Gasteiger partial charge >= 0.3 is 6.03 Å². The smallest absolute Gasteiger partial charge is 0.325 e. The van der Waals surface area contributed by atoms with Crippen molar-refractivity contribution in [3.63, 3.8) is 0 Å². The van der Waals surface area contributed by atoms with Crippen LogP contribution in [-0.2, 0) is 15.1 Å². The van der Waals surface area contributed by atoms with E-state index in [0.29, 0.717) is 12.3 Å². The Morgan fingerprint density at radius 2 is 1.90 bits per heavy atom. The molecule has 0 radical (unpaired) electrons. The van der Waals surface area contributed by atoms with Gasteiger partial charge in [0.1, 0.15) is 12.1 Å². The van der Waals surface area contributed by atoms with Crippen LogP contribution in [0.25, 0.3) is 0 Å². The molecule has 6 heteroatoms. The Bertz CT molecular complexity index is 883. The minimum absolute atomic E-state index is 0.0551. The minimum atomic E-state index is -1.09. The molecule has 0 aromatic heterocycles. The summed E-state index contributed by atoms with van der Waals surface area (Å²) in [5, 5.41) is 6.09. The largest absolute Gasteiger partial charge is 0.351 e. The maximum absolute atomic E-state index is 13.5. The van der Waals surface area contributed by atoms with E-state index in [2.05, 4.69) is 38.3 Å². The van der Waals surface area contributed by atoms with Crippen molar-refractivity contribution < 1.29 is 14.4 Å². The second-order valence-corrected chi connectivity index (χ2v) is 10.4. The normalized spacial score (nSPS) is 33.6. The number of rotatable bonds is 7. The number of fused-ring (bicyclic) bond motifs is 2. The Hall–Kier alpha value is -2.37. The number of hydrogen-bond donors (Lipinski definition) is 2. The number of benzene rings is 1. The first-order chi connectivity index (χ1) is 14.7. The first-order valence-electron chi connectivity index (χ1n) is 11.6. The molecule has 4 rings (SSSR count). The fourth-order valence-corrected chi connectivity index (χ4v) is 6.25. The Kier molecular flexibility index (Phi) is 5.39. The quantitative estimate of drug-likeness (QED) is 0.649. The van der Waals surface area contributed by atoms with Crippen molar-refractivity contribution >= 4 is 17.8 Å². The van der Waals surface area contributed by atoms with Crippen molar-refractivity contribution in [3.05, 3.63) is 35.9 Å². The molecule has 2 saturated carbocycles. The Labute approximate surface area is 185 Å². The van der Waals surface area contributed by atoms with Crippen LogP contribution >= 0.6 is 0 Å². The van der Waals surface area contributed by atoms with E-state index in [0.717, 1.165) is 36.1 Å². The summed E-state index contributed by atoms with van der Waals surface area (Å²) in [5.74, 6) is 0.0310. The number of hydrogen-bond acceptors (Lipinski definition) is 3. The minimum Gasteiger partial charge on any atom is -0.351 e. The predicted octanol–water partition coefficient (Wildman–Crippen LogP) is 3.95. The Morgan fingerprint density at radius 1 is 1.19 bits per heavy atom. The average Bonchev–Trinajstić information content (AvgIpc) is 3.20. The molecule has 3 fully saturated rings. The average molecular weight is 426 g/mol. The molecule has 2 bridgehead atoms. The molecule has 168 valence electrons. The molecular weight excluding hydrogens is 390 g/mol. The first-order valence-corrected chi connectivity index (χ1v) is 11.6. The number of imide groups is 1. The van der Waals surface area contributed by atoms with Gasteiger partial charge in [0.05, 0.1) is 0 Å². The molecule has 4 unspecified atom stereocenters. The van der Waals surface area contributed by atoms with Gasteiger partial charge in [-0.15, -0.1) is 0 Å². The van der Waals surface area contributed by atoms with E-state index in [1.165, 1.54) is 6.42 Å². The summed E-state index contributed by atoms with van der Waals surface area (Å²) in [6.45, 7) is 8.70. The molecule has 1 heterocycles. The first kappa shape index (κ1) is 21.8. The molecule has 3 aliphatic rings. The van der Waals surface area contributed by atoms with Crippen LogP contribution in [0, 0.1) is 16.7 Å². The van der Waals surface area contributed by atoms with Gasteiger partial charge in [0.2, 0.25) is 5.91 Å². The van der Waals surface area contributed by atoms with Crippen molar-refractivity contribution in [2.45, 2.75) is 77.8 Å². The van der Waals surface area contributed by atoms with E-state index in [1.807, 2.05) is 30.3 Å². The lowest BCUT2D eigenvalue weighted by atomic mass is 9.69. The van der Waals surface area contributed by atoms with Gasteiger partial charge < -0.3 is 10.6 Å². The predicted molar refractivity (Wildman–Crippen MR) is 119 cm³/mol. The van der Waals surface area contributed by atoms with Crippen LogP contribution in [0.15, 0.2) is 30.3 Å². The van der Waals surface area contributed by atoms with Gasteiger partial charge in [-0.1, -0.05) is 70.9 Å². The van der Waals surface area contributed by atoms with Crippen LogP contribution in [0.1, 0.15) is 71.8 Å². The number of unbranched alkanes of at least 4 members (excludes halogenated alkanes) is 1. The topological polar surface area (TPSA) is 78.5 Å². The van der Waals surface area contributed by atoms with Crippen LogP contribution in [0.3, 0.4) is 0 Å². The summed E-state index contributed by atoms with van der Waals surface area (Å²) < 4.78 is 0. The molecule has 0 spiro atoms. The molecule has 1 aromatic rings. The van der Waals surface area contributed by atoms with Gasteiger partial charge in [-0.25, -0.2) is 4.79 Å². The van der Waals surface area contributed by atoms with Gasteiger partial charge in [-0.2, -0.15) is 0 Å². The van der Waals surface area contributed by atoms with Gasteiger partial charge in [-0.3, -0.25) is 14.5 Å². The second kappa shape index (κ2) is 7.64. The molecule has 1 aliphatic heterocycles. The standard InChI is InChI=1S/C25H35N3O3/c1-5-6-13-25(17-10-8-7-9-11-17)21(30)28(22(31)27-25)16-20(29)26-19-15-18-12-14-24(19,4)23(18,2)3/h7-11,18-19H,5-6,12-16H2,1-4H3,(H,26,29)(H,27,31). The van der Waals surface area contributed by atoms with Gasteiger partial charge in [0.25, 0.3) is 5.91 Å². The molecule has 6 nitrogen and oxygen atoms in total. The number of carbonyl (C=O) groups excluding carboxylic acids is 3. The highest BCUT2D eigenvalue weighted by atomic mass is 16.2. The van der Waals surface area contributed by atoms with Crippen molar-refractivity contribution in [2.75, 3.05) is 6.54 Å². The van der Waals surface area contributed by atoms with Crippen LogP contribution in [0.4, 0.5) is 4.79 Å². The lowest BCUT2D eigenvalue weighted by Crippen LogP contribution is -2.50. The van der Waals surface area contributed by atoms with E-state index in [1.54, 1.807) is 0 Å². The zero-order valence-electron chi connectivity index (χ0n) is 19.2. The van der Waals surface area contributed by atoms with Gasteiger partial charge in [0.15, 0.2) is 0 Å². The summed E-state index contributed by atoms with van der Waals surface area (Å²) >= 11 is 0. The highest BCUT2D eigenvalue weighted by Crippen LogP contribution is 2.65. The number of carbonyl (C=O) groups is 3. The number of amides is 4. The Balaban J connectivity index is 1.50. The molecule has 2 aliphatic carbocycles. The van der Waals surface area contributed by atoms with Crippen molar-refractivity contribution in [1.82, 2.24) is 15.5 Å². The van der Waals surface area contributed by atoms with Crippen molar-refractivity contribution in [3.8, 4) is 0 Å². The highest BCUT2D eigenvalue weighted by Gasteiger charge is 2.61. The van der Waals surface area contributed by atoms with E-state index in [9.17, 15) is 14.4 Å². The Morgan fingerprint density at radius 3 is 2.48 bits per heavy atom. The summed E-state index contributed by atoms with van der Waals surface area (Å²) in [6, 6.07) is 8.98. The monoisotopic (exact) mass is 425 g/mol. The van der Waals surface area contributed by atoms with E-state index in [-0.39, 0.29) is 35.2 Å². The second-order valence-electron chi connectivity index (χ2n) is 10.4. The fraction of sp³-hybridized carbons (Fsp3) is 0.640. The summed E-state index contributed by atoms with van der Waals surface area (Å²) in [7, 11) is 0. The molecule has 4 amide bonds. The number of nitrogens with one attached hydrogen (secondary N) is 2. The third-order valence-corrected chi connectivity index (χ3v) is 8.78. The maximum atomic E-state index is 13.5. The summed E-state index contributed by atoms with van der Waals surface area (Å²) in [6.07, 6.45) is 5.52. The lowest BCUT2D eigenvalue weighted by molar-refractivity contribution is -0.136. The molecular formula is C25H35N3O3. The lowest BCUT2D eigenvalue weighted by Gasteiger charge is -2.39. The zero-order valence-corrected chi connectivity index (χ0v) is 19.2. The van der Waals surface area contributed by atoms with Crippen LogP contribution in [-0.4, -0.2) is 35.3 Å².